The maximum Gasteiger partial charge on any atom is 0.162 e. The van der Waals surface area contributed by atoms with Crippen molar-refractivity contribution in [2.75, 3.05) is 0 Å². The molecule has 1 heterocycles. The van der Waals surface area contributed by atoms with Gasteiger partial charge in [0.25, 0.3) is 0 Å². The summed E-state index contributed by atoms with van der Waals surface area (Å²) in [4.78, 5) is 4.28. The number of rotatable bonds is 3. The summed E-state index contributed by atoms with van der Waals surface area (Å²) >= 11 is 0. The molecule has 0 radical (unpaired) electrons. The summed E-state index contributed by atoms with van der Waals surface area (Å²) in [6.07, 6.45) is 1.95. The van der Waals surface area contributed by atoms with Crippen molar-refractivity contribution in [2.24, 2.45) is 5.73 Å². The highest BCUT2D eigenvalue weighted by Gasteiger charge is 2.15. The molecule has 0 saturated carbocycles. The van der Waals surface area contributed by atoms with Crippen LogP contribution in [0.25, 0.3) is 0 Å². The van der Waals surface area contributed by atoms with Crippen molar-refractivity contribution in [2.45, 2.75) is 26.3 Å². The van der Waals surface area contributed by atoms with Crippen molar-refractivity contribution in [1.82, 2.24) is 4.98 Å². The smallest absolute Gasteiger partial charge is 0.162 e. The molecule has 0 aliphatic carbocycles. The lowest BCUT2D eigenvalue weighted by molar-refractivity contribution is 0.493. The molecule has 100 valence electrons. The zero-order valence-corrected chi connectivity index (χ0v) is 11.0. The Labute approximate surface area is 111 Å². The fourth-order valence-electron chi connectivity index (χ4n) is 2.15. The molecule has 4 heteroatoms. The molecule has 0 amide bonds. The van der Waals surface area contributed by atoms with Gasteiger partial charge in [-0.25, -0.2) is 8.78 Å². The highest BCUT2D eigenvalue weighted by Crippen LogP contribution is 2.21. The first kappa shape index (κ1) is 13.6. The summed E-state index contributed by atoms with van der Waals surface area (Å²) in [5, 5.41) is 0. The maximum atomic E-state index is 13.6. The molecule has 0 bridgehead atoms. The topological polar surface area (TPSA) is 38.9 Å². The normalized spacial score (nSPS) is 12.5. The lowest BCUT2D eigenvalue weighted by atomic mass is 9.99. The Balaban J connectivity index is 2.25. The second-order valence-corrected chi connectivity index (χ2v) is 4.74. The number of benzene rings is 1. The lowest BCUT2D eigenvalue weighted by Crippen LogP contribution is -2.17. The fourth-order valence-corrected chi connectivity index (χ4v) is 2.15. The standard InChI is InChI=1S/C15H16F2N2/c1-9-6-10(2)15(19-8-9)13(18)7-11-4-3-5-12(16)14(11)17/h3-6,8,13H,7,18H2,1-2H3. The van der Waals surface area contributed by atoms with Gasteiger partial charge in [0.05, 0.1) is 11.7 Å². The molecule has 0 saturated heterocycles. The molecule has 1 atom stereocenters. The Morgan fingerprint density at radius 3 is 2.68 bits per heavy atom. The van der Waals surface area contributed by atoms with Gasteiger partial charge in [-0.3, -0.25) is 4.98 Å². The van der Waals surface area contributed by atoms with E-state index >= 15 is 0 Å². The number of halogens is 2. The minimum absolute atomic E-state index is 0.223. The van der Waals surface area contributed by atoms with Gasteiger partial charge in [0.2, 0.25) is 0 Å². The molecular formula is C15H16F2N2. The monoisotopic (exact) mass is 262 g/mol. The summed E-state index contributed by atoms with van der Waals surface area (Å²) in [6.45, 7) is 3.86. The SMILES string of the molecule is Cc1cnc(C(N)Cc2cccc(F)c2F)c(C)c1. The van der Waals surface area contributed by atoms with Gasteiger partial charge in [-0.1, -0.05) is 18.2 Å². The molecule has 2 nitrogen and oxygen atoms in total. The minimum Gasteiger partial charge on any atom is -0.322 e. The van der Waals surface area contributed by atoms with Crippen LogP contribution in [0.1, 0.15) is 28.4 Å². The van der Waals surface area contributed by atoms with E-state index in [4.69, 9.17) is 5.73 Å². The van der Waals surface area contributed by atoms with Crippen molar-refractivity contribution in [3.05, 3.63) is 64.5 Å². The Morgan fingerprint density at radius 1 is 1.26 bits per heavy atom. The van der Waals surface area contributed by atoms with Crippen molar-refractivity contribution in [3.8, 4) is 0 Å². The van der Waals surface area contributed by atoms with E-state index in [2.05, 4.69) is 4.98 Å². The first-order valence-corrected chi connectivity index (χ1v) is 6.10. The van der Waals surface area contributed by atoms with E-state index in [1.807, 2.05) is 19.9 Å². The number of aryl methyl sites for hydroxylation is 2. The molecule has 0 spiro atoms. The Hall–Kier alpha value is -1.81. The highest BCUT2D eigenvalue weighted by atomic mass is 19.2. The van der Waals surface area contributed by atoms with Crippen LogP contribution in [0.3, 0.4) is 0 Å². The van der Waals surface area contributed by atoms with Gasteiger partial charge >= 0.3 is 0 Å². The molecule has 0 aliphatic rings. The molecule has 0 fully saturated rings. The Bertz CT molecular complexity index is 597. The van der Waals surface area contributed by atoms with Crippen molar-refractivity contribution >= 4 is 0 Å². The number of aromatic nitrogens is 1. The zero-order chi connectivity index (χ0) is 14.0. The van der Waals surface area contributed by atoms with Crippen molar-refractivity contribution in [3.63, 3.8) is 0 Å². The maximum absolute atomic E-state index is 13.6. The number of hydrogen-bond donors (Lipinski definition) is 1. The second kappa shape index (κ2) is 5.45. The highest BCUT2D eigenvalue weighted by molar-refractivity contribution is 5.28. The van der Waals surface area contributed by atoms with Crippen LogP contribution in [0.5, 0.6) is 0 Å². The first-order chi connectivity index (χ1) is 8.99. The van der Waals surface area contributed by atoms with Gasteiger partial charge in [-0.05, 0) is 43.0 Å². The van der Waals surface area contributed by atoms with Crippen LogP contribution in [0, 0.1) is 25.5 Å². The third-order valence-electron chi connectivity index (χ3n) is 3.08. The Morgan fingerprint density at radius 2 is 2.00 bits per heavy atom. The van der Waals surface area contributed by atoms with E-state index in [1.54, 1.807) is 12.3 Å². The number of pyridine rings is 1. The van der Waals surface area contributed by atoms with Gasteiger partial charge < -0.3 is 5.73 Å². The quantitative estimate of drug-likeness (QED) is 0.922. The molecule has 1 unspecified atom stereocenters. The summed E-state index contributed by atoms with van der Waals surface area (Å²) < 4.78 is 26.7. The molecule has 1 aromatic carbocycles. The third-order valence-corrected chi connectivity index (χ3v) is 3.08. The summed E-state index contributed by atoms with van der Waals surface area (Å²) in [7, 11) is 0. The summed E-state index contributed by atoms with van der Waals surface area (Å²) in [5.41, 5.74) is 9.04. The largest absolute Gasteiger partial charge is 0.322 e. The molecule has 19 heavy (non-hydrogen) atoms. The first-order valence-electron chi connectivity index (χ1n) is 6.10. The van der Waals surface area contributed by atoms with Gasteiger partial charge in [-0.2, -0.15) is 0 Å². The lowest BCUT2D eigenvalue weighted by Gasteiger charge is -2.14. The van der Waals surface area contributed by atoms with Crippen molar-refractivity contribution in [1.29, 1.82) is 0 Å². The number of nitrogens with zero attached hydrogens (tertiary/aromatic N) is 1. The molecule has 0 aliphatic heterocycles. The predicted molar refractivity (Wildman–Crippen MR) is 70.7 cm³/mol. The molecule has 2 aromatic rings. The zero-order valence-electron chi connectivity index (χ0n) is 11.0. The van der Waals surface area contributed by atoms with Crippen LogP contribution >= 0.6 is 0 Å². The van der Waals surface area contributed by atoms with Gasteiger partial charge in [-0.15, -0.1) is 0 Å². The van der Waals surface area contributed by atoms with Crippen LogP contribution < -0.4 is 5.73 Å². The third kappa shape index (κ3) is 2.96. The van der Waals surface area contributed by atoms with E-state index in [9.17, 15) is 8.78 Å². The molecule has 1 aromatic heterocycles. The van der Waals surface area contributed by atoms with Crippen LogP contribution in [0.4, 0.5) is 8.78 Å². The van der Waals surface area contributed by atoms with Crippen LogP contribution in [0.2, 0.25) is 0 Å². The minimum atomic E-state index is -0.849. The average molecular weight is 262 g/mol. The Kier molecular flexibility index (Phi) is 3.90. The fraction of sp³-hybridized carbons (Fsp3) is 0.267. The summed E-state index contributed by atoms with van der Waals surface area (Å²) in [5.74, 6) is -1.68. The second-order valence-electron chi connectivity index (χ2n) is 4.74. The number of hydrogen-bond acceptors (Lipinski definition) is 2. The average Bonchev–Trinajstić information content (AvgIpc) is 2.34. The van der Waals surface area contributed by atoms with E-state index in [1.165, 1.54) is 6.07 Å². The van der Waals surface area contributed by atoms with Crippen LogP contribution in [-0.4, -0.2) is 4.98 Å². The van der Waals surface area contributed by atoms with Crippen LogP contribution in [0.15, 0.2) is 30.5 Å². The van der Waals surface area contributed by atoms with E-state index in [0.29, 0.717) is 5.69 Å². The molecular weight excluding hydrogens is 246 g/mol. The molecule has 2 N–H and O–H groups in total. The van der Waals surface area contributed by atoms with Crippen molar-refractivity contribution < 1.29 is 8.78 Å². The van der Waals surface area contributed by atoms with E-state index < -0.39 is 17.7 Å². The number of nitrogens with two attached hydrogens (primary N) is 1. The summed E-state index contributed by atoms with van der Waals surface area (Å²) in [6, 6.07) is 5.65. The predicted octanol–water partition coefficient (Wildman–Crippen LogP) is 3.22. The van der Waals surface area contributed by atoms with Gasteiger partial charge in [0, 0.05) is 6.20 Å². The van der Waals surface area contributed by atoms with Gasteiger partial charge in [0.15, 0.2) is 11.6 Å². The van der Waals surface area contributed by atoms with E-state index in [-0.39, 0.29) is 12.0 Å². The van der Waals surface area contributed by atoms with Gasteiger partial charge in [0.1, 0.15) is 0 Å². The molecule has 2 rings (SSSR count). The van der Waals surface area contributed by atoms with Crippen LogP contribution in [-0.2, 0) is 6.42 Å². The van der Waals surface area contributed by atoms with E-state index in [0.717, 1.165) is 17.2 Å².